The number of halogens is 2. The smallest absolute Gasteiger partial charge is 0.251 e. The Labute approximate surface area is 197 Å². The van der Waals surface area contributed by atoms with Gasteiger partial charge in [0.1, 0.15) is 5.82 Å². The molecule has 170 valence electrons. The van der Waals surface area contributed by atoms with Crippen molar-refractivity contribution >= 4 is 40.9 Å². The van der Waals surface area contributed by atoms with Crippen molar-refractivity contribution in [2.75, 3.05) is 36.8 Å². The summed E-state index contributed by atoms with van der Waals surface area (Å²) in [5.41, 5.74) is 1.87. The highest BCUT2D eigenvalue weighted by atomic mass is 35.5. The number of nitrogens with one attached hydrogen (secondary N) is 1. The summed E-state index contributed by atoms with van der Waals surface area (Å²) in [6.45, 7) is 4.15. The Morgan fingerprint density at radius 3 is 2.72 bits per heavy atom. The number of benzene rings is 2. The normalized spacial score (nSPS) is 16.7. The third-order valence-corrected chi connectivity index (χ3v) is 7.29. The summed E-state index contributed by atoms with van der Waals surface area (Å²) in [6.07, 6.45) is 4.76. The molecule has 8 heteroatoms. The number of thioether (sulfide) groups is 1. The van der Waals surface area contributed by atoms with E-state index in [0.717, 1.165) is 31.0 Å². The van der Waals surface area contributed by atoms with E-state index in [0.29, 0.717) is 29.1 Å². The Kier molecular flexibility index (Phi) is 7.71. The molecule has 2 aromatic carbocycles. The molecule has 1 fully saturated rings. The van der Waals surface area contributed by atoms with Crippen LogP contribution in [0.15, 0.2) is 41.3 Å². The molecule has 32 heavy (non-hydrogen) atoms. The van der Waals surface area contributed by atoms with Crippen LogP contribution < -0.4 is 10.2 Å². The number of hydrogen-bond donors (Lipinski definition) is 1. The van der Waals surface area contributed by atoms with Crippen LogP contribution in [-0.4, -0.2) is 48.6 Å². The van der Waals surface area contributed by atoms with Crippen LogP contribution in [0.4, 0.5) is 10.1 Å². The van der Waals surface area contributed by atoms with Gasteiger partial charge in [-0.25, -0.2) is 4.39 Å². The van der Waals surface area contributed by atoms with Crippen molar-refractivity contribution in [2.45, 2.75) is 37.1 Å². The zero-order valence-electron chi connectivity index (χ0n) is 17.9. The van der Waals surface area contributed by atoms with E-state index in [2.05, 4.69) is 10.2 Å². The number of hydrogen-bond acceptors (Lipinski definition) is 4. The lowest BCUT2D eigenvalue weighted by Gasteiger charge is -2.29. The Morgan fingerprint density at radius 2 is 1.94 bits per heavy atom. The van der Waals surface area contributed by atoms with Crippen molar-refractivity contribution in [3.8, 4) is 0 Å². The van der Waals surface area contributed by atoms with Gasteiger partial charge in [-0.05, 0) is 74.8 Å². The van der Waals surface area contributed by atoms with Crippen LogP contribution in [0, 0.1) is 5.82 Å². The van der Waals surface area contributed by atoms with E-state index in [4.69, 9.17) is 11.6 Å². The number of nitrogens with zero attached hydrogens (tertiary/aromatic N) is 2. The molecule has 0 bridgehead atoms. The minimum Gasteiger partial charge on any atom is -0.352 e. The summed E-state index contributed by atoms with van der Waals surface area (Å²) >= 11 is 7.64. The Hall–Kier alpha value is -2.09. The second kappa shape index (κ2) is 10.7. The van der Waals surface area contributed by atoms with Gasteiger partial charge < -0.3 is 15.1 Å². The standard InChI is InChI=1S/C24H27ClFN3O2S/c25-20-14-19(26)7-5-18(20)15-29-21-13-17(6-8-22(21)32-16-23(29)30)24(31)27-9-4-12-28-10-2-1-3-11-28/h5-8,13-14H,1-4,9-12,15-16H2,(H,27,31). The molecule has 0 aliphatic carbocycles. The largest absolute Gasteiger partial charge is 0.352 e. The summed E-state index contributed by atoms with van der Waals surface area (Å²) < 4.78 is 13.4. The molecule has 0 unspecified atom stereocenters. The number of rotatable bonds is 7. The van der Waals surface area contributed by atoms with Crippen LogP contribution in [0.1, 0.15) is 41.6 Å². The van der Waals surface area contributed by atoms with Gasteiger partial charge in [0.2, 0.25) is 5.91 Å². The number of anilines is 1. The number of carbonyl (C=O) groups is 2. The van der Waals surface area contributed by atoms with Crippen molar-refractivity contribution < 1.29 is 14.0 Å². The van der Waals surface area contributed by atoms with Crippen LogP contribution in [-0.2, 0) is 11.3 Å². The average molecular weight is 476 g/mol. The van der Waals surface area contributed by atoms with Crippen molar-refractivity contribution in [3.05, 3.63) is 58.4 Å². The Balaban J connectivity index is 1.42. The van der Waals surface area contributed by atoms with Gasteiger partial charge in [-0.15, -0.1) is 11.8 Å². The van der Waals surface area contributed by atoms with Crippen LogP contribution in [0.3, 0.4) is 0 Å². The lowest BCUT2D eigenvalue weighted by Crippen LogP contribution is -2.35. The van der Waals surface area contributed by atoms with Crippen molar-refractivity contribution in [3.63, 3.8) is 0 Å². The first-order valence-electron chi connectivity index (χ1n) is 11.0. The van der Waals surface area contributed by atoms with E-state index in [9.17, 15) is 14.0 Å². The first-order chi connectivity index (χ1) is 15.5. The van der Waals surface area contributed by atoms with E-state index in [1.54, 1.807) is 23.1 Å². The fourth-order valence-corrected chi connectivity index (χ4v) is 5.27. The molecule has 0 saturated carbocycles. The lowest BCUT2D eigenvalue weighted by molar-refractivity contribution is -0.116. The summed E-state index contributed by atoms with van der Waals surface area (Å²) in [5.74, 6) is -0.316. The number of likely N-dealkylation sites (tertiary alicyclic amines) is 1. The first kappa shape index (κ1) is 23.1. The van der Waals surface area contributed by atoms with Gasteiger partial charge >= 0.3 is 0 Å². The van der Waals surface area contributed by atoms with Crippen molar-refractivity contribution in [2.24, 2.45) is 0 Å². The van der Waals surface area contributed by atoms with E-state index >= 15 is 0 Å². The van der Waals surface area contributed by atoms with Crippen LogP contribution in [0.25, 0.3) is 0 Å². The molecule has 2 heterocycles. The summed E-state index contributed by atoms with van der Waals surface area (Å²) in [4.78, 5) is 30.4. The molecule has 5 nitrogen and oxygen atoms in total. The predicted octanol–water partition coefficient (Wildman–Crippen LogP) is 4.72. The predicted molar refractivity (Wildman–Crippen MR) is 127 cm³/mol. The van der Waals surface area contributed by atoms with Crippen LogP contribution in [0.2, 0.25) is 5.02 Å². The van der Waals surface area contributed by atoms with Gasteiger partial charge in [-0.3, -0.25) is 9.59 Å². The zero-order chi connectivity index (χ0) is 22.5. The molecular weight excluding hydrogens is 449 g/mol. The van der Waals surface area contributed by atoms with Gasteiger partial charge in [-0.1, -0.05) is 24.1 Å². The van der Waals surface area contributed by atoms with Gasteiger partial charge in [0.25, 0.3) is 5.91 Å². The lowest BCUT2D eigenvalue weighted by atomic mass is 10.1. The maximum absolute atomic E-state index is 13.4. The zero-order valence-corrected chi connectivity index (χ0v) is 19.5. The van der Waals surface area contributed by atoms with Crippen LogP contribution in [0.5, 0.6) is 0 Å². The third kappa shape index (κ3) is 5.63. The Morgan fingerprint density at radius 1 is 1.12 bits per heavy atom. The summed E-state index contributed by atoms with van der Waals surface area (Å²) in [6, 6.07) is 9.61. The highest BCUT2D eigenvalue weighted by Crippen LogP contribution is 2.37. The maximum Gasteiger partial charge on any atom is 0.251 e. The van der Waals surface area contributed by atoms with Gasteiger partial charge in [0, 0.05) is 22.0 Å². The molecular formula is C24H27ClFN3O2S. The topological polar surface area (TPSA) is 52.7 Å². The SMILES string of the molecule is O=C(NCCCN1CCCCC1)c1ccc2c(c1)N(Cc1ccc(F)cc1Cl)C(=O)CS2. The Bertz CT molecular complexity index is 997. The quantitative estimate of drug-likeness (QED) is 0.588. The van der Waals surface area contributed by atoms with Crippen LogP contribution >= 0.6 is 23.4 Å². The molecule has 0 atom stereocenters. The number of carbonyl (C=O) groups excluding carboxylic acids is 2. The molecule has 2 aliphatic rings. The highest BCUT2D eigenvalue weighted by Gasteiger charge is 2.26. The maximum atomic E-state index is 13.4. The highest BCUT2D eigenvalue weighted by molar-refractivity contribution is 8.00. The first-order valence-corrected chi connectivity index (χ1v) is 12.4. The fraction of sp³-hybridized carbons (Fsp3) is 0.417. The molecule has 0 radical (unpaired) electrons. The van der Waals surface area contributed by atoms with E-state index in [1.807, 2.05) is 6.07 Å². The van der Waals surface area contributed by atoms with Crippen molar-refractivity contribution in [1.82, 2.24) is 10.2 Å². The van der Waals surface area contributed by atoms with Gasteiger partial charge in [0.15, 0.2) is 0 Å². The molecule has 2 aliphatic heterocycles. The molecule has 1 saturated heterocycles. The molecule has 1 N–H and O–H groups in total. The van der Waals surface area contributed by atoms with E-state index in [1.165, 1.54) is 43.2 Å². The second-order valence-corrected chi connectivity index (χ2v) is 9.62. The van der Waals surface area contributed by atoms with Gasteiger partial charge in [-0.2, -0.15) is 0 Å². The summed E-state index contributed by atoms with van der Waals surface area (Å²) in [5, 5.41) is 3.28. The fourth-order valence-electron chi connectivity index (χ4n) is 4.13. The second-order valence-electron chi connectivity index (χ2n) is 8.20. The number of amides is 2. The average Bonchev–Trinajstić information content (AvgIpc) is 2.80. The monoisotopic (exact) mass is 475 g/mol. The van der Waals surface area contributed by atoms with E-state index in [-0.39, 0.29) is 23.4 Å². The number of fused-ring (bicyclic) bond motifs is 1. The molecule has 0 spiro atoms. The molecule has 2 aromatic rings. The molecule has 0 aromatic heterocycles. The van der Waals surface area contributed by atoms with Gasteiger partial charge in [0.05, 0.1) is 18.0 Å². The van der Waals surface area contributed by atoms with Crippen molar-refractivity contribution in [1.29, 1.82) is 0 Å². The summed E-state index contributed by atoms with van der Waals surface area (Å²) in [7, 11) is 0. The van der Waals surface area contributed by atoms with E-state index < -0.39 is 5.82 Å². The minimum atomic E-state index is -0.418. The molecule has 2 amide bonds. The third-order valence-electron chi connectivity index (χ3n) is 5.89. The molecule has 4 rings (SSSR count). The minimum absolute atomic E-state index is 0.0676. The number of piperidine rings is 1.